The molecule has 0 radical (unpaired) electrons. The molecule has 5 rings (SSSR count). The van der Waals surface area contributed by atoms with Crippen LogP contribution < -0.4 is 16.0 Å². The number of nitrogens with zero attached hydrogens (tertiary/aromatic N) is 1. The van der Waals surface area contributed by atoms with Gasteiger partial charge in [0.05, 0.1) is 18.0 Å². The molecular formula is C30H27N3O3. The molecule has 0 aliphatic carbocycles. The number of hydrogen-bond acceptors (Lipinski definition) is 4. The van der Waals surface area contributed by atoms with E-state index in [0.717, 1.165) is 27.5 Å². The molecule has 1 unspecified atom stereocenters. The second-order valence-electron chi connectivity index (χ2n) is 9.17. The number of nitrogen functional groups attached to an aromatic ring is 1. The van der Waals surface area contributed by atoms with Gasteiger partial charge in [-0.3, -0.25) is 14.4 Å². The van der Waals surface area contributed by atoms with E-state index in [2.05, 4.69) is 5.32 Å². The van der Waals surface area contributed by atoms with Crippen LogP contribution in [0.5, 0.6) is 0 Å². The minimum Gasteiger partial charge on any atom is -0.398 e. The van der Waals surface area contributed by atoms with E-state index in [-0.39, 0.29) is 18.2 Å². The average molecular weight is 478 g/mol. The molecule has 6 nitrogen and oxygen atoms in total. The molecule has 0 aromatic heterocycles. The van der Waals surface area contributed by atoms with Crippen LogP contribution in [0.4, 0.5) is 11.4 Å². The molecule has 0 saturated carbocycles. The Labute approximate surface area is 209 Å². The third kappa shape index (κ3) is 4.01. The number of carbonyl (C=O) groups is 3. The number of fused-ring (bicyclic) bond motifs is 4. The number of imide groups is 1. The molecule has 4 aromatic rings. The van der Waals surface area contributed by atoms with Gasteiger partial charge in [-0.05, 0) is 53.4 Å². The molecule has 180 valence electrons. The van der Waals surface area contributed by atoms with Gasteiger partial charge in [-0.1, -0.05) is 72.8 Å². The molecule has 36 heavy (non-hydrogen) atoms. The fraction of sp³-hybridized carbons (Fsp3) is 0.167. The maximum absolute atomic E-state index is 13.7. The van der Waals surface area contributed by atoms with Crippen LogP contribution in [0.1, 0.15) is 30.9 Å². The highest BCUT2D eigenvalue weighted by molar-refractivity contribution is 6.22. The maximum atomic E-state index is 13.7. The van der Waals surface area contributed by atoms with E-state index in [9.17, 15) is 14.4 Å². The van der Waals surface area contributed by atoms with Gasteiger partial charge in [0.1, 0.15) is 6.04 Å². The number of amides is 3. The summed E-state index contributed by atoms with van der Waals surface area (Å²) < 4.78 is 0. The SMILES string of the molecule is CC1C(=O)N(C(=O)[C@H](C)NC(=O)Cc2cccc3ccccc23)c2cccc(N)c2-c2ccccc21. The first-order valence-electron chi connectivity index (χ1n) is 12.0. The van der Waals surface area contributed by atoms with Crippen LogP contribution in [-0.4, -0.2) is 23.8 Å². The number of carbonyl (C=O) groups excluding carboxylic acids is 3. The normalized spacial score (nSPS) is 15.6. The number of benzene rings is 4. The zero-order valence-corrected chi connectivity index (χ0v) is 20.2. The Morgan fingerprint density at radius 3 is 2.47 bits per heavy atom. The number of nitrogens with one attached hydrogen (secondary N) is 1. The third-order valence-corrected chi connectivity index (χ3v) is 6.80. The van der Waals surface area contributed by atoms with Gasteiger partial charge in [0.2, 0.25) is 11.8 Å². The topological polar surface area (TPSA) is 92.5 Å². The van der Waals surface area contributed by atoms with Gasteiger partial charge >= 0.3 is 0 Å². The Bertz CT molecular complexity index is 1510. The first-order chi connectivity index (χ1) is 17.4. The Morgan fingerprint density at radius 1 is 0.944 bits per heavy atom. The lowest BCUT2D eigenvalue weighted by atomic mass is 9.92. The summed E-state index contributed by atoms with van der Waals surface area (Å²) in [5.74, 6) is -1.71. The van der Waals surface area contributed by atoms with Crippen LogP contribution in [0.2, 0.25) is 0 Å². The van der Waals surface area contributed by atoms with E-state index in [4.69, 9.17) is 5.73 Å². The first kappa shape index (κ1) is 23.3. The van der Waals surface area contributed by atoms with Crippen molar-refractivity contribution in [3.63, 3.8) is 0 Å². The smallest absolute Gasteiger partial charge is 0.256 e. The van der Waals surface area contributed by atoms with Crippen LogP contribution in [0.25, 0.3) is 21.9 Å². The van der Waals surface area contributed by atoms with Crippen LogP contribution in [0.3, 0.4) is 0 Å². The van der Waals surface area contributed by atoms with Gasteiger partial charge in [-0.2, -0.15) is 0 Å². The molecule has 3 amide bonds. The van der Waals surface area contributed by atoms with Crippen LogP contribution >= 0.6 is 0 Å². The van der Waals surface area contributed by atoms with Crippen molar-refractivity contribution < 1.29 is 14.4 Å². The predicted octanol–water partition coefficient (Wildman–Crippen LogP) is 4.81. The molecule has 1 aliphatic rings. The van der Waals surface area contributed by atoms with Crippen LogP contribution in [-0.2, 0) is 20.8 Å². The van der Waals surface area contributed by atoms with Crippen molar-refractivity contribution in [3.8, 4) is 11.1 Å². The van der Waals surface area contributed by atoms with Crippen molar-refractivity contribution in [1.82, 2.24) is 5.32 Å². The number of hydrogen-bond donors (Lipinski definition) is 2. The lowest BCUT2D eigenvalue weighted by molar-refractivity contribution is -0.131. The highest BCUT2D eigenvalue weighted by atomic mass is 16.2. The van der Waals surface area contributed by atoms with Crippen molar-refractivity contribution in [1.29, 1.82) is 0 Å². The minimum absolute atomic E-state index is 0.123. The van der Waals surface area contributed by atoms with Gasteiger partial charge in [-0.15, -0.1) is 0 Å². The van der Waals surface area contributed by atoms with E-state index in [1.165, 1.54) is 4.90 Å². The standard InChI is InChI=1S/C30H27N3O3/c1-18-22-12-5-6-14-24(22)28-25(31)15-8-16-26(28)33(29(18)35)30(36)19(2)32-27(34)17-21-11-7-10-20-9-3-4-13-23(20)21/h3-16,18-19H,17,31H2,1-2H3,(H,32,34)/t18?,19-/m0/s1. The van der Waals surface area contributed by atoms with Crippen LogP contribution in [0, 0.1) is 0 Å². The van der Waals surface area contributed by atoms with Crippen molar-refractivity contribution >= 4 is 39.9 Å². The van der Waals surface area contributed by atoms with Crippen molar-refractivity contribution in [3.05, 3.63) is 96.1 Å². The van der Waals surface area contributed by atoms with Crippen molar-refractivity contribution in [2.24, 2.45) is 0 Å². The Morgan fingerprint density at radius 2 is 1.64 bits per heavy atom. The highest BCUT2D eigenvalue weighted by Gasteiger charge is 2.37. The lowest BCUT2D eigenvalue weighted by Crippen LogP contribution is -2.50. The lowest BCUT2D eigenvalue weighted by Gasteiger charge is -2.26. The molecule has 3 N–H and O–H groups in total. The number of nitrogens with two attached hydrogens (primary N) is 1. The van der Waals surface area contributed by atoms with Crippen molar-refractivity contribution in [2.45, 2.75) is 32.2 Å². The van der Waals surface area contributed by atoms with Gasteiger partial charge in [0.15, 0.2) is 0 Å². The fourth-order valence-corrected chi connectivity index (χ4v) is 4.98. The molecule has 0 spiro atoms. The summed E-state index contributed by atoms with van der Waals surface area (Å²) in [7, 11) is 0. The molecule has 2 atom stereocenters. The van der Waals surface area contributed by atoms with Gasteiger partial charge < -0.3 is 11.1 Å². The fourth-order valence-electron chi connectivity index (χ4n) is 4.98. The quantitative estimate of drug-likeness (QED) is 0.413. The van der Waals surface area contributed by atoms with Crippen molar-refractivity contribution in [2.75, 3.05) is 10.6 Å². The van der Waals surface area contributed by atoms with E-state index < -0.39 is 17.9 Å². The molecule has 0 fully saturated rings. The molecule has 0 saturated heterocycles. The Kier molecular flexibility index (Phi) is 6.02. The summed E-state index contributed by atoms with van der Waals surface area (Å²) in [4.78, 5) is 41.4. The van der Waals surface area contributed by atoms with E-state index in [0.29, 0.717) is 16.9 Å². The minimum atomic E-state index is -0.917. The van der Waals surface area contributed by atoms with E-state index in [1.54, 1.807) is 32.0 Å². The Balaban J connectivity index is 1.44. The molecule has 0 bridgehead atoms. The van der Waals surface area contributed by atoms with Gasteiger partial charge in [0.25, 0.3) is 5.91 Å². The molecule has 6 heteroatoms. The van der Waals surface area contributed by atoms with Crippen LogP contribution in [0.15, 0.2) is 84.9 Å². The monoisotopic (exact) mass is 477 g/mol. The maximum Gasteiger partial charge on any atom is 0.256 e. The second-order valence-corrected chi connectivity index (χ2v) is 9.17. The average Bonchev–Trinajstić information content (AvgIpc) is 2.97. The second kappa shape index (κ2) is 9.30. The zero-order valence-electron chi connectivity index (χ0n) is 20.2. The molecule has 4 aromatic carbocycles. The van der Waals surface area contributed by atoms with Gasteiger partial charge in [-0.25, -0.2) is 4.90 Å². The number of anilines is 2. The van der Waals surface area contributed by atoms with Gasteiger partial charge in [0, 0.05) is 11.3 Å². The largest absolute Gasteiger partial charge is 0.398 e. The van der Waals surface area contributed by atoms with E-state index in [1.807, 2.05) is 66.7 Å². The summed E-state index contributed by atoms with van der Waals surface area (Å²) in [6, 6.07) is 25.5. The van der Waals surface area contributed by atoms with E-state index >= 15 is 0 Å². The summed E-state index contributed by atoms with van der Waals surface area (Å²) in [5.41, 5.74) is 10.4. The summed E-state index contributed by atoms with van der Waals surface area (Å²) in [6.45, 7) is 3.39. The molecule has 1 aliphatic heterocycles. The highest BCUT2D eigenvalue weighted by Crippen LogP contribution is 2.44. The first-order valence-corrected chi connectivity index (χ1v) is 12.0. The number of rotatable bonds is 4. The Hall–Kier alpha value is -4.45. The predicted molar refractivity (Wildman–Crippen MR) is 142 cm³/mol. The molecule has 1 heterocycles. The summed E-state index contributed by atoms with van der Waals surface area (Å²) in [6.07, 6.45) is 0.123. The summed E-state index contributed by atoms with van der Waals surface area (Å²) in [5, 5.41) is 4.84. The summed E-state index contributed by atoms with van der Waals surface area (Å²) >= 11 is 0. The zero-order chi connectivity index (χ0) is 25.4. The molecular weight excluding hydrogens is 450 g/mol. The third-order valence-electron chi connectivity index (χ3n) is 6.80.